The molecule has 1 aliphatic carbocycles. The number of carbonyl (C=O) groups is 2. The topological polar surface area (TPSA) is 75.6 Å². The molecule has 0 heterocycles. The smallest absolute Gasteiger partial charge is 0.313 e. The Morgan fingerprint density at radius 2 is 1.95 bits per heavy atom. The Hall–Kier alpha value is -2.56. The number of carboxylic acid groups (broad SMARTS) is 1. The molecule has 0 aromatic heterocycles. The van der Waals surface area contributed by atoms with Gasteiger partial charge in [0.25, 0.3) is 5.91 Å². The van der Waals surface area contributed by atoms with Crippen LogP contribution in [0.25, 0.3) is 0 Å². The van der Waals surface area contributed by atoms with E-state index in [1.54, 1.807) is 50.3 Å². The summed E-state index contributed by atoms with van der Waals surface area (Å²) in [4.78, 5) is 23.6. The highest BCUT2D eigenvalue weighted by Crippen LogP contribution is 2.25. The fourth-order valence-electron chi connectivity index (χ4n) is 2.32. The second-order valence-electron chi connectivity index (χ2n) is 5.41. The third kappa shape index (κ3) is 3.55. The normalized spacial score (nSPS) is 24.5. The van der Waals surface area contributed by atoms with Gasteiger partial charge in [-0.3, -0.25) is 9.59 Å². The minimum atomic E-state index is -0.986. The maximum Gasteiger partial charge on any atom is 0.313 e. The molecule has 0 saturated heterocycles. The van der Waals surface area contributed by atoms with Crippen molar-refractivity contribution in [1.29, 1.82) is 0 Å². The number of amides is 1. The van der Waals surface area contributed by atoms with Gasteiger partial charge in [-0.2, -0.15) is 0 Å². The number of hydrogen-bond donors (Lipinski definition) is 2. The van der Waals surface area contributed by atoms with Gasteiger partial charge in [0.2, 0.25) is 0 Å². The summed E-state index contributed by atoms with van der Waals surface area (Å²) >= 11 is 0. The molecule has 5 heteroatoms. The molecule has 0 saturated carbocycles. The predicted molar refractivity (Wildman–Crippen MR) is 82.5 cm³/mol. The van der Waals surface area contributed by atoms with Gasteiger partial charge in [-0.25, -0.2) is 0 Å². The lowest BCUT2D eigenvalue weighted by atomic mass is 9.82. The van der Waals surface area contributed by atoms with Crippen LogP contribution in [0.4, 0.5) is 0 Å². The van der Waals surface area contributed by atoms with Crippen LogP contribution in [0, 0.1) is 5.92 Å². The lowest BCUT2D eigenvalue weighted by Crippen LogP contribution is -2.55. The van der Waals surface area contributed by atoms with Crippen LogP contribution < -0.4 is 10.1 Å². The minimum absolute atomic E-state index is 0.363. The van der Waals surface area contributed by atoms with Gasteiger partial charge in [-0.05, 0) is 26.0 Å². The number of nitrogens with one attached hydrogen (secondary N) is 1. The Morgan fingerprint density at radius 1 is 1.27 bits per heavy atom. The largest absolute Gasteiger partial charge is 0.481 e. The van der Waals surface area contributed by atoms with Crippen molar-refractivity contribution in [2.45, 2.75) is 25.5 Å². The summed E-state index contributed by atoms with van der Waals surface area (Å²) in [5, 5.41) is 12.1. The first-order chi connectivity index (χ1) is 10.4. The van der Waals surface area contributed by atoms with Crippen LogP contribution in [0.5, 0.6) is 5.75 Å². The van der Waals surface area contributed by atoms with Gasteiger partial charge >= 0.3 is 5.97 Å². The maximum absolute atomic E-state index is 12.3. The summed E-state index contributed by atoms with van der Waals surface area (Å²) in [6.07, 6.45) is 5.90. The minimum Gasteiger partial charge on any atom is -0.481 e. The zero-order chi connectivity index (χ0) is 16.2. The van der Waals surface area contributed by atoms with Crippen LogP contribution >= 0.6 is 0 Å². The second kappa shape index (κ2) is 6.47. The molecule has 0 fully saturated rings. The number of hydrogen-bond acceptors (Lipinski definition) is 3. The Kier molecular flexibility index (Phi) is 4.65. The summed E-state index contributed by atoms with van der Waals surface area (Å²) in [5.41, 5.74) is -0.980. The van der Waals surface area contributed by atoms with Crippen molar-refractivity contribution >= 4 is 11.9 Å². The van der Waals surface area contributed by atoms with Crippen LogP contribution in [0.1, 0.15) is 13.8 Å². The van der Waals surface area contributed by atoms with Crippen molar-refractivity contribution in [3.8, 4) is 5.75 Å². The zero-order valence-electron chi connectivity index (χ0n) is 12.5. The van der Waals surface area contributed by atoms with Gasteiger partial charge < -0.3 is 15.2 Å². The lowest BCUT2D eigenvalue weighted by molar-refractivity contribution is -0.142. The molecule has 0 bridgehead atoms. The summed E-state index contributed by atoms with van der Waals surface area (Å²) in [5.74, 6) is -1.58. The third-order valence-electron chi connectivity index (χ3n) is 3.59. The zero-order valence-corrected chi connectivity index (χ0v) is 12.5. The predicted octanol–water partition coefficient (Wildman–Crippen LogP) is 2.16. The molecule has 116 valence electrons. The van der Waals surface area contributed by atoms with Gasteiger partial charge in [-0.15, -0.1) is 0 Å². The maximum atomic E-state index is 12.3. The van der Waals surface area contributed by atoms with Crippen LogP contribution in [0.2, 0.25) is 0 Å². The standard InChI is InChI=1S/C17H19NO4/c1-12(22-13-8-4-3-5-9-13)15(19)18-17(2)11-7-6-10-14(17)16(20)21/h3-12,14H,1-2H3,(H,18,19)(H,20,21). The van der Waals surface area contributed by atoms with Gasteiger partial charge in [0.05, 0.1) is 5.54 Å². The molecule has 2 rings (SSSR count). The van der Waals surface area contributed by atoms with Gasteiger partial charge in [-0.1, -0.05) is 42.5 Å². The first-order valence-electron chi connectivity index (χ1n) is 7.05. The highest BCUT2D eigenvalue weighted by Gasteiger charge is 2.39. The second-order valence-corrected chi connectivity index (χ2v) is 5.41. The summed E-state index contributed by atoms with van der Waals surface area (Å²) in [7, 11) is 0. The van der Waals surface area contributed by atoms with Crippen LogP contribution in [-0.2, 0) is 9.59 Å². The number of aliphatic carboxylic acids is 1. The molecular formula is C17H19NO4. The number of ether oxygens (including phenoxy) is 1. The van der Waals surface area contributed by atoms with E-state index in [4.69, 9.17) is 4.74 Å². The Labute approximate surface area is 129 Å². The van der Waals surface area contributed by atoms with E-state index in [1.807, 2.05) is 18.2 Å². The van der Waals surface area contributed by atoms with E-state index in [-0.39, 0.29) is 5.91 Å². The molecular weight excluding hydrogens is 282 g/mol. The fourth-order valence-corrected chi connectivity index (χ4v) is 2.32. The number of rotatable bonds is 5. The average molecular weight is 301 g/mol. The molecule has 1 aliphatic rings. The third-order valence-corrected chi connectivity index (χ3v) is 3.59. The highest BCUT2D eigenvalue weighted by molar-refractivity contribution is 5.84. The van der Waals surface area contributed by atoms with E-state index in [0.717, 1.165) is 0 Å². The van der Waals surface area contributed by atoms with E-state index >= 15 is 0 Å². The van der Waals surface area contributed by atoms with Crippen LogP contribution in [-0.4, -0.2) is 28.6 Å². The van der Waals surface area contributed by atoms with Gasteiger partial charge in [0.1, 0.15) is 11.7 Å². The van der Waals surface area contributed by atoms with Crippen molar-refractivity contribution in [2.24, 2.45) is 5.92 Å². The first kappa shape index (κ1) is 15.8. The Balaban J connectivity index is 2.05. The lowest BCUT2D eigenvalue weighted by Gasteiger charge is -2.34. The summed E-state index contributed by atoms with van der Waals surface area (Å²) in [6, 6.07) is 9.01. The van der Waals surface area contributed by atoms with Crippen LogP contribution in [0.3, 0.4) is 0 Å². The van der Waals surface area contributed by atoms with E-state index in [2.05, 4.69) is 5.32 Å². The fraction of sp³-hybridized carbons (Fsp3) is 0.294. The van der Waals surface area contributed by atoms with Crippen molar-refractivity contribution in [3.05, 3.63) is 54.6 Å². The average Bonchev–Trinajstić information content (AvgIpc) is 2.47. The molecule has 1 amide bonds. The SMILES string of the molecule is CC(Oc1ccccc1)C(=O)NC1(C)C=CC=CC1C(=O)O. The summed E-state index contributed by atoms with van der Waals surface area (Å²) < 4.78 is 5.56. The van der Waals surface area contributed by atoms with Crippen molar-refractivity contribution in [2.75, 3.05) is 0 Å². The molecule has 0 spiro atoms. The Morgan fingerprint density at radius 3 is 2.59 bits per heavy atom. The van der Waals surface area contributed by atoms with Gasteiger partial charge in [0, 0.05) is 0 Å². The molecule has 22 heavy (non-hydrogen) atoms. The molecule has 3 unspecified atom stereocenters. The number of carboxylic acids is 1. The quantitative estimate of drug-likeness (QED) is 0.874. The van der Waals surface area contributed by atoms with Crippen molar-refractivity contribution in [1.82, 2.24) is 5.32 Å². The van der Waals surface area contributed by atoms with E-state index in [9.17, 15) is 14.7 Å². The van der Waals surface area contributed by atoms with Crippen molar-refractivity contribution < 1.29 is 19.4 Å². The molecule has 3 atom stereocenters. The highest BCUT2D eigenvalue weighted by atomic mass is 16.5. The van der Waals surface area contributed by atoms with Gasteiger partial charge in [0.15, 0.2) is 6.10 Å². The number of allylic oxidation sites excluding steroid dienone is 2. The number of benzene rings is 1. The van der Waals surface area contributed by atoms with E-state index in [1.165, 1.54) is 0 Å². The molecule has 0 aliphatic heterocycles. The van der Waals surface area contributed by atoms with E-state index < -0.39 is 23.5 Å². The summed E-state index contributed by atoms with van der Waals surface area (Å²) in [6.45, 7) is 3.31. The molecule has 0 radical (unpaired) electrons. The number of carbonyl (C=O) groups excluding carboxylic acids is 1. The number of para-hydroxylation sites is 1. The molecule has 1 aromatic rings. The van der Waals surface area contributed by atoms with Crippen molar-refractivity contribution in [3.63, 3.8) is 0 Å². The van der Waals surface area contributed by atoms with Crippen LogP contribution in [0.15, 0.2) is 54.6 Å². The molecule has 5 nitrogen and oxygen atoms in total. The first-order valence-corrected chi connectivity index (χ1v) is 7.05. The van der Waals surface area contributed by atoms with E-state index in [0.29, 0.717) is 5.75 Å². The monoisotopic (exact) mass is 301 g/mol. The molecule has 1 aromatic carbocycles. The Bertz CT molecular complexity index is 608. The molecule has 2 N–H and O–H groups in total.